The molecule has 5 nitrogen and oxygen atoms in total. The van der Waals surface area contributed by atoms with E-state index in [0.29, 0.717) is 21.6 Å². The van der Waals surface area contributed by atoms with Gasteiger partial charge in [-0.05, 0) is 54.3 Å². The summed E-state index contributed by atoms with van der Waals surface area (Å²) >= 11 is 0. The minimum absolute atomic E-state index is 0.0663. The van der Waals surface area contributed by atoms with Gasteiger partial charge >= 0.3 is 12.1 Å². The Balaban J connectivity index is 1.91. The van der Waals surface area contributed by atoms with Crippen LogP contribution in [-0.4, -0.2) is 42.8 Å². The van der Waals surface area contributed by atoms with Crippen molar-refractivity contribution in [3.8, 4) is 0 Å². The quantitative estimate of drug-likeness (QED) is 0.636. The zero-order valence-corrected chi connectivity index (χ0v) is 17.8. The van der Waals surface area contributed by atoms with E-state index in [4.69, 9.17) is 0 Å². The molecule has 1 heterocycles. The van der Waals surface area contributed by atoms with Crippen LogP contribution in [0.5, 0.6) is 0 Å². The zero-order chi connectivity index (χ0) is 23.0. The molecule has 31 heavy (non-hydrogen) atoms. The molecule has 1 aliphatic heterocycles. The first kappa shape index (κ1) is 23.2. The van der Waals surface area contributed by atoms with Crippen LogP contribution in [0.3, 0.4) is 0 Å². The lowest BCUT2D eigenvalue weighted by molar-refractivity contribution is -0.186. The minimum atomic E-state index is -4.98. The standard InChI is InChI=1S/C21H22F4N2O3S/c1-3-27(14(2)15-4-7-18(22)8-5-15)31(29,30)19-9-6-16-10-11-26(13-17(16)12-19)20(28)21(23,24)25/h4-9,12,14H,3,10-11,13H2,1-2H3. The Kier molecular flexibility index (Phi) is 6.43. The predicted molar refractivity (Wildman–Crippen MR) is 106 cm³/mol. The van der Waals surface area contributed by atoms with Gasteiger partial charge in [0, 0.05) is 25.7 Å². The predicted octanol–water partition coefficient (Wildman–Crippen LogP) is 4.04. The van der Waals surface area contributed by atoms with Gasteiger partial charge in [0.05, 0.1) is 4.90 Å². The number of amides is 1. The summed E-state index contributed by atoms with van der Waals surface area (Å²) in [6, 6.07) is 9.26. The van der Waals surface area contributed by atoms with Crippen molar-refractivity contribution in [2.75, 3.05) is 13.1 Å². The number of hydrogen-bond donors (Lipinski definition) is 0. The third-order valence-corrected chi connectivity index (χ3v) is 7.46. The average Bonchev–Trinajstić information content (AvgIpc) is 2.72. The smallest absolute Gasteiger partial charge is 0.330 e. The lowest BCUT2D eigenvalue weighted by Gasteiger charge is -2.31. The van der Waals surface area contributed by atoms with Gasteiger partial charge in [0.1, 0.15) is 5.82 Å². The summed E-state index contributed by atoms with van der Waals surface area (Å²) in [7, 11) is -3.99. The molecule has 0 radical (unpaired) electrons. The first-order valence-corrected chi connectivity index (χ1v) is 11.1. The zero-order valence-electron chi connectivity index (χ0n) is 17.0. The molecule has 1 atom stereocenters. The number of halogens is 4. The summed E-state index contributed by atoms with van der Waals surface area (Å²) in [6.45, 7) is 3.09. The Hall–Kier alpha value is -2.46. The van der Waals surface area contributed by atoms with E-state index in [1.165, 1.54) is 40.7 Å². The molecule has 2 aromatic rings. The molecule has 0 saturated carbocycles. The van der Waals surface area contributed by atoms with Crippen molar-refractivity contribution in [2.24, 2.45) is 0 Å². The fraction of sp³-hybridized carbons (Fsp3) is 0.381. The van der Waals surface area contributed by atoms with E-state index in [1.54, 1.807) is 19.9 Å². The molecule has 1 unspecified atom stereocenters. The summed E-state index contributed by atoms with van der Waals surface area (Å²) < 4.78 is 79.4. The second-order valence-electron chi connectivity index (χ2n) is 7.34. The number of rotatable bonds is 5. The van der Waals surface area contributed by atoms with Crippen molar-refractivity contribution in [1.82, 2.24) is 9.21 Å². The van der Waals surface area contributed by atoms with E-state index in [9.17, 15) is 30.8 Å². The highest BCUT2D eigenvalue weighted by atomic mass is 32.2. The summed E-state index contributed by atoms with van der Waals surface area (Å²) in [5.41, 5.74) is 1.68. The fourth-order valence-electron chi connectivity index (χ4n) is 3.74. The molecule has 0 fully saturated rings. The Labute approximate surface area is 178 Å². The van der Waals surface area contributed by atoms with E-state index >= 15 is 0 Å². The monoisotopic (exact) mass is 458 g/mol. The molecule has 3 rings (SSSR count). The number of fused-ring (bicyclic) bond motifs is 1. The van der Waals surface area contributed by atoms with Crippen molar-refractivity contribution >= 4 is 15.9 Å². The minimum Gasteiger partial charge on any atom is -0.330 e. The normalized spacial score (nSPS) is 15.6. The molecule has 10 heteroatoms. The summed E-state index contributed by atoms with van der Waals surface area (Å²) in [4.78, 5) is 12.2. The van der Waals surface area contributed by atoms with E-state index in [2.05, 4.69) is 0 Å². The fourth-order valence-corrected chi connectivity index (χ4v) is 5.42. The van der Waals surface area contributed by atoms with Crippen LogP contribution >= 0.6 is 0 Å². The summed E-state index contributed by atoms with van der Waals surface area (Å²) in [6.07, 6.45) is -4.77. The van der Waals surface area contributed by atoms with Gasteiger partial charge in [-0.3, -0.25) is 4.79 Å². The lowest BCUT2D eigenvalue weighted by Crippen LogP contribution is -2.43. The molecule has 0 aromatic heterocycles. The van der Waals surface area contributed by atoms with Crippen molar-refractivity contribution in [1.29, 1.82) is 0 Å². The number of nitrogens with zero attached hydrogens (tertiary/aromatic N) is 2. The largest absolute Gasteiger partial charge is 0.471 e. The maximum atomic E-state index is 13.3. The van der Waals surface area contributed by atoms with Crippen molar-refractivity contribution in [2.45, 2.75) is 43.9 Å². The Bertz CT molecular complexity index is 1070. The number of sulfonamides is 1. The van der Waals surface area contributed by atoms with Crippen LogP contribution in [0.4, 0.5) is 17.6 Å². The van der Waals surface area contributed by atoms with Crippen LogP contribution < -0.4 is 0 Å². The van der Waals surface area contributed by atoms with Crippen LogP contribution in [0.25, 0.3) is 0 Å². The van der Waals surface area contributed by atoms with Gasteiger partial charge in [-0.15, -0.1) is 0 Å². The van der Waals surface area contributed by atoms with E-state index < -0.39 is 34.0 Å². The third-order valence-electron chi connectivity index (χ3n) is 5.42. The summed E-state index contributed by atoms with van der Waals surface area (Å²) in [5.74, 6) is -2.37. The molecule has 0 aliphatic carbocycles. The van der Waals surface area contributed by atoms with Gasteiger partial charge in [0.2, 0.25) is 10.0 Å². The number of benzene rings is 2. The highest BCUT2D eigenvalue weighted by molar-refractivity contribution is 7.89. The van der Waals surface area contributed by atoms with Crippen LogP contribution in [0.15, 0.2) is 47.4 Å². The van der Waals surface area contributed by atoms with E-state index in [0.717, 1.165) is 0 Å². The lowest BCUT2D eigenvalue weighted by atomic mass is 10.00. The molecule has 0 saturated heterocycles. The molecular weight excluding hydrogens is 436 g/mol. The van der Waals surface area contributed by atoms with Gasteiger partial charge in [-0.2, -0.15) is 17.5 Å². The average molecular weight is 458 g/mol. The molecular formula is C21H22F4N2O3S. The van der Waals surface area contributed by atoms with Crippen LogP contribution in [0.1, 0.15) is 36.6 Å². The molecule has 0 spiro atoms. The van der Waals surface area contributed by atoms with Crippen LogP contribution in [0.2, 0.25) is 0 Å². The van der Waals surface area contributed by atoms with Crippen LogP contribution in [0, 0.1) is 5.82 Å². The molecule has 0 N–H and O–H groups in total. The Morgan fingerprint density at radius 3 is 2.35 bits per heavy atom. The van der Waals surface area contributed by atoms with Crippen molar-refractivity contribution < 1.29 is 30.8 Å². The molecule has 1 aliphatic rings. The maximum Gasteiger partial charge on any atom is 0.471 e. The van der Waals surface area contributed by atoms with Gasteiger partial charge in [0.25, 0.3) is 0 Å². The molecule has 2 aromatic carbocycles. The number of alkyl halides is 3. The Morgan fingerprint density at radius 1 is 1.13 bits per heavy atom. The van der Waals surface area contributed by atoms with Gasteiger partial charge in [0.15, 0.2) is 0 Å². The van der Waals surface area contributed by atoms with Gasteiger partial charge in [-0.25, -0.2) is 12.8 Å². The summed E-state index contributed by atoms with van der Waals surface area (Å²) in [5, 5.41) is 0. The maximum absolute atomic E-state index is 13.3. The molecule has 0 bridgehead atoms. The first-order valence-electron chi connectivity index (χ1n) is 9.70. The molecule has 168 valence electrons. The SMILES string of the molecule is CCN(C(C)c1ccc(F)cc1)S(=O)(=O)c1ccc2c(c1)CN(C(=O)C(F)(F)F)CC2. The third kappa shape index (κ3) is 4.74. The van der Waals surface area contributed by atoms with Crippen molar-refractivity contribution in [3.05, 3.63) is 65.0 Å². The number of carbonyl (C=O) groups excluding carboxylic acids is 1. The second kappa shape index (κ2) is 8.58. The van der Waals surface area contributed by atoms with E-state index in [1.807, 2.05) is 0 Å². The van der Waals surface area contributed by atoms with Gasteiger partial charge < -0.3 is 4.90 Å². The topological polar surface area (TPSA) is 57.7 Å². The van der Waals surface area contributed by atoms with Crippen molar-refractivity contribution in [3.63, 3.8) is 0 Å². The van der Waals surface area contributed by atoms with Gasteiger partial charge in [-0.1, -0.05) is 25.1 Å². The number of carbonyl (C=O) groups is 1. The van der Waals surface area contributed by atoms with Crippen LogP contribution in [-0.2, 0) is 27.8 Å². The highest BCUT2D eigenvalue weighted by Gasteiger charge is 2.43. The highest BCUT2D eigenvalue weighted by Crippen LogP contribution is 2.31. The second-order valence-corrected chi connectivity index (χ2v) is 9.23. The molecule has 1 amide bonds. The van der Waals surface area contributed by atoms with E-state index in [-0.39, 0.29) is 31.0 Å². The Morgan fingerprint density at radius 2 is 1.77 bits per heavy atom. The first-order chi connectivity index (χ1) is 14.4. The number of hydrogen-bond acceptors (Lipinski definition) is 3.